The quantitative estimate of drug-likeness (QED) is 0.854. The van der Waals surface area contributed by atoms with Gasteiger partial charge in [0.15, 0.2) is 0 Å². The van der Waals surface area contributed by atoms with Crippen LogP contribution in [0.15, 0.2) is 48.7 Å². The van der Waals surface area contributed by atoms with Gasteiger partial charge in [0.1, 0.15) is 0 Å². The van der Waals surface area contributed by atoms with E-state index in [2.05, 4.69) is 0 Å². The fraction of sp³-hybridized carbons (Fsp3) is 0.312. The van der Waals surface area contributed by atoms with Crippen molar-refractivity contribution >= 4 is 6.09 Å². The molecule has 0 fully saturated rings. The highest BCUT2D eigenvalue weighted by Gasteiger charge is 2.20. The molecule has 0 N–H and O–H groups in total. The SMILES string of the molecule is CC(C)N(Cc1ccccc1)C(=O)Oc1cccn1C. The molecule has 2 rings (SSSR count). The average Bonchev–Trinajstić information content (AvgIpc) is 2.82. The lowest BCUT2D eigenvalue weighted by atomic mass is 10.2. The van der Waals surface area contributed by atoms with Crippen LogP contribution < -0.4 is 4.74 Å². The molecule has 4 heteroatoms. The number of hydrogen-bond donors (Lipinski definition) is 0. The monoisotopic (exact) mass is 272 g/mol. The highest BCUT2D eigenvalue weighted by atomic mass is 16.6. The summed E-state index contributed by atoms with van der Waals surface area (Å²) in [6, 6.07) is 13.6. The third-order valence-corrected chi connectivity index (χ3v) is 3.14. The van der Waals surface area contributed by atoms with Crippen LogP contribution in [0.2, 0.25) is 0 Å². The molecular weight excluding hydrogens is 252 g/mol. The van der Waals surface area contributed by atoms with E-state index in [0.29, 0.717) is 12.4 Å². The molecule has 0 radical (unpaired) electrons. The summed E-state index contributed by atoms with van der Waals surface area (Å²) in [4.78, 5) is 14.0. The fourth-order valence-electron chi connectivity index (χ4n) is 1.94. The smallest absolute Gasteiger partial charge is 0.393 e. The van der Waals surface area contributed by atoms with Gasteiger partial charge in [0, 0.05) is 31.9 Å². The Morgan fingerprint density at radius 2 is 1.90 bits per heavy atom. The number of benzene rings is 1. The fourth-order valence-corrected chi connectivity index (χ4v) is 1.94. The summed E-state index contributed by atoms with van der Waals surface area (Å²) < 4.78 is 7.21. The number of hydrogen-bond acceptors (Lipinski definition) is 2. The van der Waals surface area contributed by atoms with Crippen LogP contribution in [-0.4, -0.2) is 21.6 Å². The van der Waals surface area contributed by atoms with Crippen LogP contribution >= 0.6 is 0 Å². The van der Waals surface area contributed by atoms with E-state index >= 15 is 0 Å². The standard InChI is InChI=1S/C16H20N2O2/c1-13(2)18(12-14-8-5-4-6-9-14)16(19)20-15-10-7-11-17(15)3/h4-11,13H,12H2,1-3H3. The van der Waals surface area contributed by atoms with Crippen LogP contribution in [0.3, 0.4) is 0 Å². The molecular formula is C16H20N2O2. The molecule has 1 aromatic heterocycles. The average molecular weight is 272 g/mol. The first-order valence-corrected chi connectivity index (χ1v) is 6.71. The van der Waals surface area contributed by atoms with Crippen molar-refractivity contribution in [2.45, 2.75) is 26.4 Å². The number of amides is 1. The molecule has 2 aromatic rings. The Morgan fingerprint density at radius 1 is 1.20 bits per heavy atom. The first-order chi connectivity index (χ1) is 9.58. The first kappa shape index (κ1) is 14.2. The van der Waals surface area contributed by atoms with Gasteiger partial charge in [0.25, 0.3) is 0 Å². The van der Waals surface area contributed by atoms with Gasteiger partial charge in [0.05, 0.1) is 0 Å². The van der Waals surface area contributed by atoms with Crippen molar-refractivity contribution < 1.29 is 9.53 Å². The van der Waals surface area contributed by atoms with E-state index in [-0.39, 0.29) is 12.1 Å². The zero-order valence-corrected chi connectivity index (χ0v) is 12.1. The third kappa shape index (κ3) is 3.41. The maximum Gasteiger partial charge on any atom is 0.417 e. The lowest BCUT2D eigenvalue weighted by molar-refractivity contribution is 0.132. The second-order valence-electron chi connectivity index (χ2n) is 5.03. The van der Waals surface area contributed by atoms with E-state index in [1.54, 1.807) is 15.5 Å². The molecule has 0 bridgehead atoms. The van der Waals surface area contributed by atoms with E-state index in [1.165, 1.54) is 0 Å². The molecule has 0 aliphatic carbocycles. The Labute approximate surface area is 119 Å². The van der Waals surface area contributed by atoms with Crippen molar-refractivity contribution in [2.24, 2.45) is 7.05 Å². The van der Waals surface area contributed by atoms with Crippen LogP contribution in [-0.2, 0) is 13.6 Å². The van der Waals surface area contributed by atoms with Crippen LogP contribution in [0.25, 0.3) is 0 Å². The minimum Gasteiger partial charge on any atom is -0.393 e. The van der Waals surface area contributed by atoms with Crippen molar-refractivity contribution in [2.75, 3.05) is 0 Å². The van der Waals surface area contributed by atoms with Crippen molar-refractivity contribution in [3.05, 3.63) is 54.2 Å². The van der Waals surface area contributed by atoms with Crippen LogP contribution in [0.5, 0.6) is 5.88 Å². The van der Waals surface area contributed by atoms with Crippen LogP contribution in [0, 0.1) is 0 Å². The lowest BCUT2D eigenvalue weighted by Gasteiger charge is -2.25. The Hall–Kier alpha value is -2.23. The number of rotatable bonds is 4. The summed E-state index contributed by atoms with van der Waals surface area (Å²) in [5.41, 5.74) is 1.09. The molecule has 1 amide bonds. The lowest BCUT2D eigenvalue weighted by Crippen LogP contribution is -2.38. The molecule has 106 valence electrons. The van der Waals surface area contributed by atoms with Crippen molar-refractivity contribution in [1.29, 1.82) is 0 Å². The van der Waals surface area contributed by atoms with Gasteiger partial charge < -0.3 is 14.2 Å². The maximum absolute atomic E-state index is 12.3. The third-order valence-electron chi connectivity index (χ3n) is 3.14. The minimum absolute atomic E-state index is 0.0722. The summed E-state index contributed by atoms with van der Waals surface area (Å²) in [6.07, 6.45) is 1.52. The van der Waals surface area contributed by atoms with Crippen molar-refractivity contribution in [3.63, 3.8) is 0 Å². The molecule has 1 heterocycles. The molecule has 0 aliphatic rings. The zero-order chi connectivity index (χ0) is 14.5. The Kier molecular flexibility index (Phi) is 4.45. The van der Waals surface area contributed by atoms with Gasteiger partial charge in [-0.1, -0.05) is 30.3 Å². The minimum atomic E-state index is -0.328. The predicted molar refractivity (Wildman–Crippen MR) is 78.6 cm³/mol. The Bertz CT molecular complexity index is 561. The first-order valence-electron chi connectivity index (χ1n) is 6.71. The van der Waals surface area contributed by atoms with E-state index in [0.717, 1.165) is 5.56 Å². The van der Waals surface area contributed by atoms with E-state index in [9.17, 15) is 4.79 Å². The van der Waals surface area contributed by atoms with Gasteiger partial charge in [-0.3, -0.25) is 0 Å². The molecule has 0 spiro atoms. The summed E-state index contributed by atoms with van der Waals surface area (Å²) in [5.74, 6) is 0.550. The van der Waals surface area contributed by atoms with Gasteiger partial charge in [-0.15, -0.1) is 0 Å². The summed E-state index contributed by atoms with van der Waals surface area (Å²) in [6.45, 7) is 4.51. The Balaban J connectivity index is 2.08. The second-order valence-corrected chi connectivity index (χ2v) is 5.03. The molecule has 20 heavy (non-hydrogen) atoms. The van der Waals surface area contributed by atoms with Gasteiger partial charge in [-0.25, -0.2) is 4.79 Å². The van der Waals surface area contributed by atoms with Gasteiger partial charge in [-0.2, -0.15) is 0 Å². The number of aryl methyl sites for hydroxylation is 1. The number of ether oxygens (including phenoxy) is 1. The molecule has 4 nitrogen and oxygen atoms in total. The predicted octanol–water partition coefficient (Wildman–Crippen LogP) is 3.43. The topological polar surface area (TPSA) is 34.5 Å². The highest BCUT2D eigenvalue weighted by Crippen LogP contribution is 2.14. The highest BCUT2D eigenvalue weighted by molar-refractivity contribution is 5.70. The summed E-state index contributed by atoms with van der Waals surface area (Å²) >= 11 is 0. The van der Waals surface area contributed by atoms with Crippen molar-refractivity contribution in [3.8, 4) is 5.88 Å². The summed E-state index contributed by atoms with van der Waals surface area (Å²) in [7, 11) is 1.85. The van der Waals surface area contributed by atoms with E-state index in [4.69, 9.17) is 4.74 Å². The molecule has 0 saturated heterocycles. The summed E-state index contributed by atoms with van der Waals surface area (Å²) in [5, 5.41) is 0. The Morgan fingerprint density at radius 3 is 2.45 bits per heavy atom. The van der Waals surface area contributed by atoms with Crippen molar-refractivity contribution in [1.82, 2.24) is 9.47 Å². The van der Waals surface area contributed by atoms with E-state index < -0.39 is 0 Å². The second kappa shape index (κ2) is 6.28. The largest absolute Gasteiger partial charge is 0.417 e. The molecule has 0 saturated carbocycles. The van der Waals surface area contributed by atoms with Gasteiger partial charge in [0.2, 0.25) is 5.88 Å². The van der Waals surface area contributed by atoms with Crippen LogP contribution in [0.4, 0.5) is 4.79 Å². The number of nitrogens with zero attached hydrogens (tertiary/aromatic N) is 2. The zero-order valence-electron chi connectivity index (χ0n) is 12.1. The van der Waals surface area contributed by atoms with E-state index in [1.807, 2.05) is 63.5 Å². The van der Waals surface area contributed by atoms with Gasteiger partial charge in [-0.05, 0) is 25.5 Å². The molecule has 1 aromatic carbocycles. The normalized spacial score (nSPS) is 10.6. The van der Waals surface area contributed by atoms with Crippen LogP contribution in [0.1, 0.15) is 19.4 Å². The van der Waals surface area contributed by atoms with Gasteiger partial charge >= 0.3 is 6.09 Å². The number of carbonyl (C=O) groups excluding carboxylic acids is 1. The number of carbonyl (C=O) groups is 1. The number of aromatic nitrogens is 1. The molecule has 0 atom stereocenters. The maximum atomic E-state index is 12.3. The molecule has 0 unspecified atom stereocenters. The molecule has 0 aliphatic heterocycles.